The van der Waals surface area contributed by atoms with Crippen LogP contribution in [0.15, 0.2) is 30.3 Å². The van der Waals surface area contributed by atoms with Gasteiger partial charge in [0.05, 0.1) is 0 Å². The molecule has 2 amide bonds. The Morgan fingerprint density at radius 3 is 2.45 bits per heavy atom. The molecule has 0 radical (unpaired) electrons. The normalized spacial score (nSPS) is 21.1. The largest absolute Gasteiger partial charge is 0.458 e. The Kier molecular flexibility index (Phi) is 4.49. The van der Waals surface area contributed by atoms with Crippen molar-refractivity contribution in [3.63, 3.8) is 0 Å². The molecular weight excluding hydrogens is 284 g/mol. The fraction of sp³-hybridized carbons (Fsp3) is 0.438. The molecule has 6 nitrogen and oxygen atoms in total. The molecule has 1 heterocycles. The van der Waals surface area contributed by atoms with Crippen molar-refractivity contribution in [1.29, 1.82) is 0 Å². The standard InChI is InChI=1S/C16H20N2O4/c1-16(2,3)22-15(21)12-9-11(14(20)18-12)17-13(19)10-7-5-4-6-8-10/h4-8,11-12H,9H2,1-3H3,(H,17,19)(H,18,20)/t11-,12-/m0/s1. The van der Waals surface area contributed by atoms with Crippen molar-refractivity contribution in [2.75, 3.05) is 0 Å². The van der Waals surface area contributed by atoms with Crippen LogP contribution in [0.3, 0.4) is 0 Å². The number of hydrogen-bond donors (Lipinski definition) is 2. The molecule has 2 rings (SSSR count). The van der Waals surface area contributed by atoms with Crippen molar-refractivity contribution in [2.24, 2.45) is 0 Å². The molecule has 1 aliphatic heterocycles. The summed E-state index contributed by atoms with van der Waals surface area (Å²) in [5.74, 6) is -1.21. The molecule has 118 valence electrons. The van der Waals surface area contributed by atoms with Gasteiger partial charge in [-0.15, -0.1) is 0 Å². The van der Waals surface area contributed by atoms with Crippen LogP contribution in [0, 0.1) is 0 Å². The number of carbonyl (C=O) groups excluding carboxylic acids is 3. The molecule has 1 aromatic rings. The summed E-state index contributed by atoms with van der Waals surface area (Å²) in [6.07, 6.45) is 0.187. The number of benzene rings is 1. The van der Waals surface area contributed by atoms with Crippen LogP contribution in [-0.2, 0) is 14.3 Å². The highest BCUT2D eigenvalue weighted by atomic mass is 16.6. The Morgan fingerprint density at radius 2 is 1.86 bits per heavy atom. The Hall–Kier alpha value is -2.37. The molecule has 1 aliphatic rings. The molecule has 2 atom stereocenters. The van der Waals surface area contributed by atoms with Gasteiger partial charge in [-0.1, -0.05) is 18.2 Å². The smallest absolute Gasteiger partial charge is 0.329 e. The monoisotopic (exact) mass is 304 g/mol. The van der Waals surface area contributed by atoms with Crippen molar-refractivity contribution in [3.05, 3.63) is 35.9 Å². The molecule has 0 spiro atoms. The van der Waals surface area contributed by atoms with Crippen molar-refractivity contribution >= 4 is 17.8 Å². The first-order valence-corrected chi connectivity index (χ1v) is 7.15. The second-order valence-corrected chi connectivity index (χ2v) is 6.22. The van der Waals surface area contributed by atoms with Gasteiger partial charge in [-0.3, -0.25) is 9.59 Å². The Bertz CT molecular complexity index is 578. The number of amides is 2. The van der Waals surface area contributed by atoms with Crippen LogP contribution in [0.25, 0.3) is 0 Å². The van der Waals surface area contributed by atoms with Crippen molar-refractivity contribution in [2.45, 2.75) is 44.9 Å². The van der Waals surface area contributed by atoms with E-state index in [0.717, 1.165) is 0 Å². The van der Waals surface area contributed by atoms with E-state index in [1.807, 2.05) is 0 Å². The third kappa shape index (κ3) is 4.07. The average molecular weight is 304 g/mol. The van der Waals surface area contributed by atoms with Crippen LogP contribution in [-0.4, -0.2) is 35.5 Å². The second kappa shape index (κ2) is 6.17. The van der Waals surface area contributed by atoms with Gasteiger partial charge in [-0.05, 0) is 32.9 Å². The maximum absolute atomic E-state index is 12.0. The third-order valence-corrected chi connectivity index (χ3v) is 3.14. The van der Waals surface area contributed by atoms with Crippen molar-refractivity contribution in [1.82, 2.24) is 10.6 Å². The summed E-state index contributed by atoms with van der Waals surface area (Å²) in [4.78, 5) is 35.9. The first kappa shape index (κ1) is 16.0. The summed E-state index contributed by atoms with van der Waals surface area (Å²) in [7, 11) is 0. The van der Waals surface area contributed by atoms with Crippen LogP contribution >= 0.6 is 0 Å². The molecule has 6 heteroatoms. The van der Waals surface area contributed by atoms with E-state index in [1.165, 1.54) is 0 Å². The number of hydrogen-bond acceptors (Lipinski definition) is 4. The van der Waals surface area contributed by atoms with Gasteiger partial charge in [0.1, 0.15) is 17.7 Å². The lowest BCUT2D eigenvalue weighted by atomic mass is 10.1. The highest BCUT2D eigenvalue weighted by Crippen LogP contribution is 2.15. The molecule has 0 aromatic heterocycles. The number of ether oxygens (including phenoxy) is 1. The van der Waals surface area contributed by atoms with Gasteiger partial charge in [-0.2, -0.15) is 0 Å². The summed E-state index contributed by atoms with van der Waals surface area (Å²) in [6, 6.07) is 7.15. The van der Waals surface area contributed by atoms with E-state index in [9.17, 15) is 14.4 Å². The van der Waals surface area contributed by atoms with Crippen LogP contribution in [0.2, 0.25) is 0 Å². The lowest BCUT2D eigenvalue weighted by Crippen LogP contribution is -2.40. The van der Waals surface area contributed by atoms with Gasteiger partial charge in [0.2, 0.25) is 5.91 Å². The van der Waals surface area contributed by atoms with Gasteiger partial charge in [0, 0.05) is 12.0 Å². The molecule has 0 unspecified atom stereocenters. The van der Waals surface area contributed by atoms with E-state index in [2.05, 4.69) is 10.6 Å². The zero-order chi connectivity index (χ0) is 16.3. The van der Waals surface area contributed by atoms with Gasteiger partial charge < -0.3 is 15.4 Å². The second-order valence-electron chi connectivity index (χ2n) is 6.22. The third-order valence-electron chi connectivity index (χ3n) is 3.14. The summed E-state index contributed by atoms with van der Waals surface area (Å²) in [6.45, 7) is 5.28. The van der Waals surface area contributed by atoms with E-state index < -0.39 is 23.7 Å². The van der Waals surface area contributed by atoms with Gasteiger partial charge in [0.25, 0.3) is 5.91 Å². The molecule has 1 aromatic carbocycles. The number of carbonyl (C=O) groups is 3. The lowest BCUT2D eigenvalue weighted by Gasteiger charge is -2.21. The van der Waals surface area contributed by atoms with E-state index in [-0.39, 0.29) is 18.2 Å². The van der Waals surface area contributed by atoms with Crippen molar-refractivity contribution < 1.29 is 19.1 Å². The molecule has 22 heavy (non-hydrogen) atoms. The van der Waals surface area contributed by atoms with Crippen molar-refractivity contribution in [3.8, 4) is 0 Å². The first-order chi connectivity index (χ1) is 10.3. The van der Waals surface area contributed by atoms with Crippen LogP contribution in [0.5, 0.6) is 0 Å². The molecule has 0 aliphatic carbocycles. The summed E-state index contributed by atoms with van der Waals surface area (Å²) in [5.41, 5.74) is -0.149. The quantitative estimate of drug-likeness (QED) is 0.816. The fourth-order valence-corrected chi connectivity index (χ4v) is 2.16. The topological polar surface area (TPSA) is 84.5 Å². The number of nitrogens with one attached hydrogen (secondary N) is 2. The minimum atomic E-state index is -0.731. The average Bonchev–Trinajstić information content (AvgIpc) is 2.79. The Labute approximate surface area is 129 Å². The summed E-state index contributed by atoms with van der Waals surface area (Å²) >= 11 is 0. The zero-order valence-corrected chi connectivity index (χ0v) is 12.9. The minimum absolute atomic E-state index is 0.187. The van der Waals surface area contributed by atoms with Crippen LogP contribution in [0.1, 0.15) is 37.6 Å². The molecule has 2 N–H and O–H groups in total. The predicted molar refractivity (Wildman–Crippen MR) is 80.1 cm³/mol. The molecular formula is C16H20N2O4. The number of rotatable bonds is 3. The van der Waals surface area contributed by atoms with Gasteiger partial charge in [0.15, 0.2) is 0 Å². The fourth-order valence-electron chi connectivity index (χ4n) is 2.16. The predicted octanol–water partition coefficient (Wildman–Crippen LogP) is 1.02. The van der Waals surface area contributed by atoms with Gasteiger partial charge in [-0.25, -0.2) is 4.79 Å². The Morgan fingerprint density at radius 1 is 1.23 bits per heavy atom. The maximum atomic E-state index is 12.0. The van der Waals surface area contributed by atoms with Crippen LogP contribution in [0.4, 0.5) is 0 Å². The maximum Gasteiger partial charge on any atom is 0.329 e. The first-order valence-electron chi connectivity index (χ1n) is 7.15. The lowest BCUT2D eigenvalue weighted by molar-refractivity contribution is -0.157. The minimum Gasteiger partial charge on any atom is -0.458 e. The summed E-state index contributed by atoms with van der Waals surface area (Å²) < 4.78 is 5.24. The molecule has 1 saturated heterocycles. The summed E-state index contributed by atoms with van der Waals surface area (Å²) in [5, 5.41) is 5.19. The zero-order valence-electron chi connectivity index (χ0n) is 12.9. The Balaban J connectivity index is 1.96. The van der Waals surface area contributed by atoms with Crippen LogP contribution < -0.4 is 10.6 Å². The van der Waals surface area contributed by atoms with E-state index in [1.54, 1.807) is 51.1 Å². The highest BCUT2D eigenvalue weighted by Gasteiger charge is 2.39. The van der Waals surface area contributed by atoms with E-state index in [4.69, 9.17) is 4.74 Å². The van der Waals surface area contributed by atoms with E-state index in [0.29, 0.717) is 5.56 Å². The molecule has 0 bridgehead atoms. The highest BCUT2D eigenvalue weighted by molar-refractivity contribution is 5.99. The SMILES string of the molecule is CC(C)(C)OC(=O)[C@@H]1C[C@H](NC(=O)c2ccccc2)C(=O)N1. The number of esters is 1. The molecule has 0 saturated carbocycles. The van der Waals surface area contributed by atoms with E-state index >= 15 is 0 Å². The molecule has 1 fully saturated rings. The van der Waals surface area contributed by atoms with Gasteiger partial charge >= 0.3 is 5.97 Å².